The molecule has 16 heavy (non-hydrogen) atoms. The van der Waals surface area contributed by atoms with Gasteiger partial charge < -0.3 is 10.0 Å². The van der Waals surface area contributed by atoms with Gasteiger partial charge in [0.1, 0.15) is 4.88 Å². The number of aromatic carboxylic acids is 1. The van der Waals surface area contributed by atoms with Gasteiger partial charge in [0.05, 0.1) is 5.69 Å². The maximum Gasteiger partial charge on any atom is 0.347 e. The van der Waals surface area contributed by atoms with Crippen LogP contribution in [-0.4, -0.2) is 29.7 Å². The summed E-state index contributed by atoms with van der Waals surface area (Å²) in [4.78, 5) is 17.8. The molecule has 0 saturated heterocycles. The molecule has 5 heteroatoms. The van der Waals surface area contributed by atoms with E-state index in [1.54, 1.807) is 0 Å². The summed E-state index contributed by atoms with van der Waals surface area (Å²) in [5, 5.41) is 9.88. The zero-order valence-electron chi connectivity index (χ0n) is 9.99. The van der Waals surface area contributed by atoms with Crippen LogP contribution in [0, 0.1) is 0 Å². The van der Waals surface area contributed by atoms with Gasteiger partial charge in [-0.3, -0.25) is 0 Å². The summed E-state index contributed by atoms with van der Waals surface area (Å²) in [7, 11) is 1.95. The average Bonchev–Trinajstić information content (AvgIpc) is 2.63. The number of carbonyl (C=O) groups is 1. The van der Waals surface area contributed by atoms with Crippen molar-refractivity contribution in [2.75, 3.05) is 18.5 Å². The lowest BCUT2D eigenvalue weighted by molar-refractivity contribution is 0.0700. The number of aromatic nitrogens is 1. The van der Waals surface area contributed by atoms with Crippen molar-refractivity contribution in [1.29, 1.82) is 0 Å². The minimum atomic E-state index is -0.864. The molecule has 0 unspecified atom stereocenters. The van der Waals surface area contributed by atoms with Gasteiger partial charge in [0.2, 0.25) is 0 Å². The van der Waals surface area contributed by atoms with Crippen molar-refractivity contribution in [1.82, 2.24) is 4.98 Å². The molecule has 0 amide bonds. The smallest absolute Gasteiger partial charge is 0.347 e. The van der Waals surface area contributed by atoms with E-state index in [-0.39, 0.29) is 0 Å². The first-order valence-corrected chi connectivity index (χ1v) is 6.35. The second-order valence-electron chi connectivity index (χ2n) is 3.75. The fourth-order valence-electron chi connectivity index (χ4n) is 1.51. The fourth-order valence-corrected chi connectivity index (χ4v) is 2.45. The maximum absolute atomic E-state index is 11.0. The number of carboxylic acids is 1. The van der Waals surface area contributed by atoms with Crippen molar-refractivity contribution < 1.29 is 9.90 Å². The lowest BCUT2D eigenvalue weighted by Gasteiger charge is -2.13. The monoisotopic (exact) mass is 242 g/mol. The van der Waals surface area contributed by atoms with E-state index in [4.69, 9.17) is 5.11 Å². The Morgan fingerprint density at radius 2 is 2.12 bits per heavy atom. The summed E-state index contributed by atoms with van der Waals surface area (Å²) in [6, 6.07) is 0. The Morgan fingerprint density at radius 3 is 2.62 bits per heavy atom. The van der Waals surface area contributed by atoms with Crippen LogP contribution in [0.1, 0.15) is 42.1 Å². The SMILES string of the molecule is CCCc1nc(N(C)CCC)sc1C(=O)O. The molecule has 0 aromatic carbocycles. The van der Waals surface area contributed by atoms with Crippen LogP contribution in [0.5, 0.6) is 0 Å². The third-order valence-electron chi connectivity index (χ3n) is 2.25. The quantitative estimate of drug-likeness (QED) is 0.833. The highest BCUT2D eigenvalue weighted by atomic mass is 32.1. The highest BCUT2D eigenvalue weighted by Crippen LogP contribution is 2.26. The summed E-state index contributed by atoms with van der Waals surface area (Å²) in [5.41, 5.74) is 0.720. The van der Waals surface area contributed by atoms with Gasteiger partial charge in [-0.05, 0) is 12.8 Å². The van der Waals surface area contributed by atoms with E-state index in [0.717, 1.165) is 36.6 Å². The van der Waals surface area contributed by atoms with Gasteiger partial charge in [-0.25, -0.2) is 9.78 Å². The third kappa shape index (κ3) is 2.95. The summed E-state index contributed by atoms with van der Waals surface area (Å²) >= 11 is 1.27. The van der Waals surface area contributed by atoms with E-state index in [2.05, 4.69) is 11.9 Å². The maximum atomic E-state index is 11.0. The summed E-state index contributed by atoms with van der Waals surface area (Å²) < 4.78 is 0. The zero-order chi connectivity index (χ0) is 12.1. The molecular formula is C11H18N2O2S. The molecule has 1 aromatic heterocycles. The first-order valence-electron chi connectivity index (χ1n) is 5.54. The van der Waals surface area contributed by atoms with Gasteiger partial charge in [-0.1, -0.05) is 31.6 Å². The summed E-state index contributed by atoms with van der Waals surface area (Å²) in [5.74, 6) is -0.864. The molecular weight excluding hydrogens is 224 g/mol. The Labute approximate surface area is 99.9 Å². The molecule has 0 radical (unpaired) electrons. The lowest BCUT2D eigenvalue weighted by Crippen LogP contribution is -2.17. The second kappa shape index (κ2) is 5.84. The van der Waals surface area contributed by atoms with Crippen LogP contribution in [0.4, 0.5) is 5.13 Å². The molecule has 1 N–H and O–H groups in total. The van der Waals surface area contributed by atoms with E-state index in [9.17, 15) is 4.79 Å². The van der Waals surface area contributed by atoms with Crippen LogP contribution in [0.3, 0.4) is 0 Å². The average molecular weight is 242 g/mol. The molecule has 0 aliphatic heterocycles. The highest BCUT2D eigenvalue weighted by Gasteiger charge is 2.18. The number of hydrogen-bond acceptors (Lipinski definition) is 4. The summed E-state index contributed by atoms with van der Waals surface area (Å²) in [6.07, 6.45) is 2.68. The van der Waals surface area contributed by atoms with Gasteiger partial charge in [-0.2, -0.15) is 0 Å². The van der Waals surface area contributed by atoms with Crippen LogP contribution < -0.4 is 4.90 Å². The molecule has 0 aliphatic carbocycles. The number of thiazole rings is 1. The predicted molar refractivity (Wildman–Crippen MR) is 66.6 cm³/mol. The molecule has 1 rings (SSSR count). The van der Waals surface area contributed by atoms with E-state index >= 15 is 0 Å². The van der Waals surface area contributed by atoms with Gasteiger partial charge in [0.25, 0.3) is 0 Å². The van der Waals surface area contributed by atoms with Crippen molar-refractivity contribution in [2.24, 2.45) is 0 Å². The number of rotatable bonds is 6. The van der Waals surface area contributed by atoms with E-state index in [1.807, 2.05) is 18.9 Å². The topological polar surface area (TPSA) is 53.4 Å². The highest BCUT2D eigenvalue weighted by molar-refractivity contribution is 7.17. The molecule has 1 heterocycles. The van der Waals surface area contributed by atoms with E-state index < -0.39 is 5.97 Å². The minimum absolute atomic E-state index is 0.389. The molecule has 0 atom stereocenters. The van der Waals surface area contributed by atoms with Crippen molar-refractivity contribution in [3.8, 4) is 0 Å². The van der Waals surface area contributed by atoms with Gasteiger partial charge in [0, 0.05) is 13.6 Å². The molecule has 4 nitrogen and oxygen atoms in total. The summed E-state index contributed by atoms with van der Waals surface area (Å²) in [6.45, 7) is 5.02. The normalized spacial score (nSPS) is 10.4. The molecule has 0 saturated carbocycles. The van der Waals surface area contributed by atoms with Crippen molar-refractivity contribution in [2.45, 2.75) is 33.1 Å². The fraction of sp³-hybridized carbons (Fsp3) is 0.636. The zero-order valence-corrected chi connectivity index (χ0v) is 10.8. The Balaban J connectivity index is 2.96. The van der Waals surface area contributed by atoms with E-state index in [1.165, 1.54) is 11.3 Å². The van der Waals surface area contributed by atoms with E-state index in [0.29, 0.717) is 4.88 Å². The Morgan fingerprint density at radius 1 is 1.44 bits per heavy atom. The third-order valence-corrected chi connectivity index (χ3v) is 3.45. The molecule has 0 spiro atoms. The van der Waals surface area contributed by atoms with Crippen molar-refractivity contribution >= 4 is 22.4 Å². The Hall–Kier alpha value is -1.10. The van der Waals surface area contributed by atoms with Crippen LogP contribution in [0.15, 0.2) is 0 Å². The van der Waals surface area contributed by atoms with Crippen LogP contribution in [0.2, 0.25) is 0 Å². The van der Waals surface area contributed by atoms with Gasteiger partial charge in [0.15, 0.2) is 5.13 Å². The van der Waals surface area contributed by atoms with Crippen LogP contribution in [0.25, 0.3) is 0 Å². The van der Waals surface area contributed by atoms with Gasteiger partial charge >= 0.3 is 5.97 Å². The molecule has 1 aromatic rings. The number of hydrogen-bond donors (Lipinski definition) is 1. The standard InChI is InChI=1S/C11H18N2O2S/c1-4-6-8-9(10(14)15)16-11(12-8)13(3)7-5-2/h4-7H2,1-3H3,(H,14,15). The van der Waals surface area contributed by atoms with Crippen LogP contribution in [-0.2, 0) is 6.42 Å². The predicted octanol–water partition coefficient (Wildman–Crippen LogP) is 2.64. The van der Waals surface area contributed by atoms with Gasteiger partial charge in [-0.15, -0.1) is 0 Å². The lowest BCUT2D eigenvalue weighted by atomic mass is 10.2. The number of anilines is 1. The first kappa shape index (κ1) is 13.0. The number of aryl methyl sites for hydroxylation is 1. The molecule has 0 aliphatic rings. The van der Waals surface area contributed by atoms with Crippen molar-refractivity contribution in [3.05, 3.63) is 10.6 Å². The second-order valence-corrected chi connectivity index (χ2v) is 4.73. The Kier molecular flexibility index (Phi) is 4.73. The minimum Gasteiger partial charge on any atom is -0.477 e. The van der Waals surface area contributed by atoms with Crippen molar-refractivity contribution in [3.63, 3.8) is 0 Å². The molecule has 0 fully saturated rings. The number of nitrogens with zero attached hydrogens (tertiary/aromatic N) is 2. The first-order chi connectivity index (χ1) is 7.60. The van der Waals surface area contributed by atoms with Crippen LogP contribution >= 0.6 is 11.3 Å². The Bertz CT molecular complexity index is 363. The molecule has 90 valence electrons. The molecule has 0 bridgehead atoms. The largest absolute Gasteiger partial charge is 0.477 e. The number of carboxylic acid groups (broad SMARTS) is 1.